The lowest BCUT2D eigenvalue weighted by Gasteiger charge is -2.42. The second-order valence-electron chi connectivity index (χ2n) is 7.36. The van der Waals surface area contributed by atoms with Gasteiger partial charge in [0.25, 0.3) is 5.91 Å². The number of nitrogens with one attached hydrogen (secondary N) is 2. The normalized spacial score (nSPS) is 19.8. The Morgan fingerprint density at radius 2 is 1.91 bits per heavy atom. The summed E-state index contributed by atoms with van der Waals surface area (Å²) in [5, 5.41) is 5.85. The third-order valence-corrected chi connectivity index (χ3v) is 3.85. The van der Waals surface area contributed by atoms with Crippen LogP contribution >= 0.6 is 0 Å². The molecule has 22 heavy (non-hydrogen) atoms. The molecule has 1 aliphatic rings. The number of carbonyl (C=O) groups excluding carboxylic acids is 2. The zero-order chi connectivity index (χ0) is 17.3. The molecule has 6 nitrogen and oxygen atoms in total. The zero-order valence-corrected chi connectivity index (χ0v) is 15.0. The smallest absolute Gasteiger partial charge is 0.408 e. The Morgan fingerprint density at radius 1 is 1.36 bits per heavy atom. The highest BCUT2D eigenvalue weighted by Crippen LogP contribution is 2.31. The van der Waals surface area contributed by atoms with Crippen molar-refractivity contribution in [2.75, 3.05) is 14.1 Å². The van der Waals surface area contributed by atoms with E-state index in [0.717, 1.165) is 5.70 Å². The number of hydrogen-bond acceptors (Lipinski definition) is 4. The predicted octanol–water partition coefficient (Wildman–Crippen LogP) is 2.01. The number of rotatable bonds is 3. The number of hydrogen-bond donors (Lipinski definition) is 2. The van der Waals surface area contributed by atoms with Crippen LogP contribution in [0, 0.1) is 0 Å². The van der Waals surface area contributed by atoms with Crippen LogP contribution in [0.3, 0.4) is 0 Å². The predicted molar refractivity (Wildman–Crippen MR) is 86.4 cm³/mol. The van der Waals surface area contributed by atoms with Gasteiger partial charge in [-0.15, -0.1) is 0 Å². The molecule has 1 heterocycles. The van der Waals surface area contributed by atoms with Gasteiger partial charge in [0.2, 0.25) is 0 Å². The Bertz CT molecular complexity index is 489. The molecule has 0 spiro atoms. The van der Waals surface area contributed by atoms with Crippen LogP contribution in [0.5, 0.6) is 0 Å². The fourth-order valence-electron chi connectivity index (χ4n) is 2.46. The van der Waals surface area contributed by atoms with Gasteiger partial charge in [-0.1, -0.05) is 0 Å². The molecule has 0 fully saturated rings. The lowest BCUT2D eigenvalue weighted by atomic mass is 9.86. The highest BCUT2D eigenvalue weighted by Gasteiger charge is 2.39. The number of ether oxygens (including phenoxy) is 1. The molecular weight excluding hydrogens is 282 g/mol. The van der Waals surface area contributed by atoms with E-state index < -0.39 is 17.7 Å². The Morgan fingerprint density at radius 3 is 2.36 bits per heavy atom. The Kier molecular flexibility index (Phi) is 5.15. The van der Waals surface area contributed by atoms with Gasteiger partial charge in [0, 0.05) is 31.8 Å². The van der Waals surface area contributed by atoms with Crippen molar-refractivity contribution in [1.29, 1.82) is 0 Å². The molecule has 0 saturated carbocycles. The second-order valence-corrected chi connectivity index (χ2v) is 7.36. The second kappa shape index (κ2) is 6.18. The van der Waals surface area contributed by atoms with Gasteiger partial charge >= 0.3 is 6.09 Å². The van der Waals surface area contributed by atoms with Crippen LogP contribution < -0.4 is 10.6 Å². The van der Waals surface area contributed by atoms with Crippen LogP contribution in [0.4, 0.5) is 4.79 Å². The SMILES string of the molecule is CNC1=C(C(C)NC(=O)OC(C)(C)C)C(=O)N(C)C(C)(C)C1. The Hall–Kier alpha value is -1.72. The van der Waals surface area contributed by atoms with Gasteiger partial charge in [-0.25, -0.2) is 4.79 Å². The summed E-state index contributed by atoms with van der Waals surface area (Å²) in [6.45, 7) is 11.2. The molecule has 1 atom stereocenters. The third-order valence-electron chi connectivity index (χ3n) is 3.85. The van der Waals surface area contributed by atoms with E-state index in [1.165, 1.54) is 0 Å². The highest BCUT2D eigenvalue weighted by atomic mass is 16.6. The van der Waals surface area contributed by atoms with Crippen molar-refractivity contribution in [3.63, 3.8) is 0 Å². The number of amides is 2. The van der Waals surface area contributed by atoms with Gasteiger partial charge in [0.1, 0.15) is 5.60 Å². The first-order chi connectivity index (χ1) is 9.89. The number of carbonyl (C=O) groups is 2. The van der Waals surface area contributed by atoms with E-state index in [1.807, 2.05) is 13.8 Å². The van der Waals surface area contributed by atoms with Crippen molar-refractivity contribution < 1.29 is 14.3 Å². The molecule has 6 heteroatoms. The summed E-state index contributed by atoms with van der Waals surface area (Å²) < 4.78 is 5.25. The van der Waals surface area contributed by atoms with E-state index in [0.29, 0.717) is 12.0 Å². The molecule has 2 amide bonds. The van der Waals surface area contributed by atoms with E-state index in [9.17, 15) is 9.59 Å². The van der Waals surface area contributed by atoms with Gasteiger partial charge in [0.15, 0.2) is 0 Å². The van der Waals surface area contributed by atoms with Crippen LogP contribution in [0.15, 0.2) is 11.3 Å². The molecule has 0 aromatic heterocycles. The monoisotopic (exact) mass is 311 g/mol. The number of alkyl carbamates (subject to hydrolysis) is 1. The van der Waals surface area contributed by atoms with Crippen LogP contribution in [0.25, 0.3) is 0 Å². The molecular formula is C16H29N3O3. The maximum absolute atomic E-state index is 12.7. The first-order valence-corrected chi connectivity index (χ1v) is 7.57. The molecule has 0 aromatic carbocycles. The van der Waals surface area contributed by atoms with Crippen molar-refractivity contribution in [1.82, 2.24) is 15.5 Å². The third kappa shape index (κ3) is 4.15. The summed E-state index contributed by atoms with van der Waals surface area (Å²) in [5.41, 5.74) is 0.607. The molecule has 0 aliphatic carbocycles. The van der Waals surface area contributed by atoms with Crippen molar-refractivity contribution in [2.24, 2.45) is 0 Å². The minimum atomic E-state index is -0.570. The zero-order valence-electron chi connectivity index (χ0n) is 15.0. The van der Waals surface area contributed by atoms with Gasteiger partial charge < -0.3 is 20.3 Å². The Balaban J connectivity index is 2.99. The number of nitrogens with zero attached hydrogens (tertiary/aromatic N) is 1. The summed E-state index contributed by atoms with van der Waals surface area (Å²) in [6, 6.07) is -0.427. The summed E-state index contributed by atoms with van der Waals surface area (Å²) in [4.78, 5) is 26.3. The summed E-state index contributed by atoms with van der Waals surface area (Å²) in [5.74, 6) is -0.0795. The maximum Gasteiger partial charge on any atom is 0.408 e. The fraction of sp³-hybridized carbons (Fsp3) is 0.750. The molecule has 0 bridgehead atoms. The molecule has 1 rings (SSSR count). The lowest BCUT2D eigenvalue weighted by molar-refractivity contribution is -0.132. The van der Waals surface area contributed by atoms with Crippen LogP contribution in [0.1, 0.15) is 48.0 Å². The van der Waals surface area contributed by atoms with Crippen LogP contribution in [0.2, 0.25) is 0 Å². The van der Waals surface area contributed by atoms with E-state index in [1.54, 1.807) is 46.7 Å². The molecule has 0 radical (unpaired) electrons. The minimum Gasteiger partial charge on any atom is -0.444 e. The van der Waals surface area contributed by atoms with Crippen LogP contribution in [-0.2, 0) is 9.53 Å². The van der Waals surface area contributed by atoms with Gasteiger partial charge in [-0.05, 0) is 41.5 Å². The van der Waals surface area contributed by atoms with Crippen molar-refractivity contribution in [2.45, 2.75) is 65.1 Å². The fourth-order valence-corrected chi connectivity index (χ4v) is 2.46. The maximum atomic E-state index is 12.7. The molecule has 1 unspecified atom stereocenters. The average Bonchev–Trinajstić information content (AvgIpc) is 2.32. The lowest BCUT2D eigenvalue weighted by Crippen LogP contribution is -2.54. The average molecular weight is 311 g/mol. The minimum absolute atomic E-state index is 0.0795. The Labute approximate surface area is 133 Å². The van der Waals surface area contributed by atoms with Crippen molar-refractivity contribution in [3.05, 3.63) is 11.3 Å². The first-order valence-electron chi connectivity index (χ1n) is 7.57. The van der Waals surface area contributed by atoms with E-state index >= 15 is 0 Å². The van der Waals surface area contributed by atoms with E-state index in [-0.39, 0.29) is 11.4 Å². The van der Waals surface area contributed by atoms with E-state index in [2.05, 4.69) is 10.6 Å². The molecule has 126 valence electrons. The quantitative estimate of drug-likeness (QED) is 0.836. The summed E-state index contributed by atoms with van der Waals surface area (Å²) in [6.07, 6.45) is 0.185. The topological polar surface area (TPSA) is 70.7 Å². The standard InChI is InChI=1S/C16H29N3O3/c1-10(18-14(21)22-15(2,3)4)12-11(17-7)9-16(5,6)19(8)13(12)20/h10,17H,9H2,1-8H3,(H,18,21). The first kappa shape index (κ1) is 18.3. The molecule has 2 N–H and O–H groups in total. The summed E-state index contributed by atoms with van der Waals surface area (Å²) in [7, 11) is 3.58. The number of likely N-dealkylation sites (N-methyl/N-ethyl adjacent to an activating group) is 1. The molecule has 0 saturated heterocycles. The highest BCUT2D eigenvalue weighted by molar-refractivity contribution is 5.97. The van der Waals surface area contributed by atoms with Gasteiger partial charge in [0.05, 0.1) is 11.6 Å². The van der Waals surface area contributed by atoms with Gasteiger partial charge in [-0.3, -0.25) is 4.79 Å². The molecule has 0 aromatic rings. The summed E-state index contributed by atoms with van der Waals surface area (Å²) >= 11 is 0. The largest absolute Gasteiger partial charge is 0.444 e. The van der Waals surface area contributed by atoms with E-state index in [4.69, 9.17) is 4.74 Å². The van der Waals surface area contributed by atoms with Crippen molar-refractivity contribution in [3.8, 4) is 0 Å². The van der Waals surface area contributed by atoms with Crippen molar-refractivity contribution >= 4 is 12.0 Å². The van der Waals surface area contributed by atoms with Gasteiger partial charge in [-0.2, -0.15) is 0 Å². The molecule has 1 aliphatic heterocycles. The van der Waals surface area contributed by atoms with Crippen LogP contribution in [-0.4, -0.2) is 48.2 Å².